The van der Waals surface area contributed by atoms with Crippen LogP contribution in [0, 0.1) is 3.57 Å². The van der Waals surface area contributed by atoms with Gasteiger partial charge in [0, 0.05) is 3.57 Å². The van der Waals surface area contributed by atoms with E-state index in [0.717, 1.165) is 22.0 Å². The largest absolute Gasteiger partial charge is 0.456 e. The maximum atomic E-state index is 12.2. The molecule has 0 bridgehead atoms. The molecule has 4 rings (SSSR count). The second-order valence-electron chi connectivity index (χ2n) is 9.62. The minimum atomic E-state index is -4.06. The van der Waals surface area contributed by atoms with Crippen LogP contribution in [-0.4, -0.2) is 13.0 Å². The van der Waals surface area contributed by atoms with Crippen LogP contribution in [0.2, 0.25) is 0 Å². The van der Waals surface area contributed by atoms with Gasteiger partial charge in [0.15, 0.2) is 0 Å². The first-order chi connectivity index (χ1) is 18.3. The molecule has 4 aromatic rings. The van der Waals surface area contributed by atoms with Crippen LogP contribution in [0.3, 0.4) is 0 Å². The van der Waals surface area contributed by atoms with Crippen molar-refractivity contribution >= 4 is 54.6 Å². The summed E-state index contributed by atoms with van der Waals surface area (Å²) in [6, 6.07) is 19.5. The molecule has 0 fully saturated rings. The van der Waals surface area contributed by atoms with Crippen molar-refractivity contribution in [2.24, 2.45) is 0 Å². The van der Waals surface area contributed by atoms with Crippen molar-refractivity contribution in [3.8, 4) is 0 Å². The van der Waals surface area contributed by atoms with Crippen LogP contribution in [0.25, 0.3) is 21.9 Å². The van der Waals surface area contributed by atoms with Crippen LogP contribution in [-0.2, 0) is 16.5 Å². The summed E-state index contributed by atoms with van der Waals surface area (Å²) in [4.78, 5) is 12.1. The van der Waals surface area contributed by atoms with Crippen LogP contribution < -0.4 is 5.43 Å². The van der Waals surface area contributed by atoms with Crippen molar-refractivity contribution in [3.63, 3.8) is 0 Å². The van der Waals surface area contributed by atoms with Crippen molar-refractivity contribution in [1.82, 2.24) is 0 Å². The second kappa shape index (κ2) is 15.4. The number of hydrogen-bond donors (Lipinski definition) is 1. The molecule has 0 aliphatic carbocycles. The molecular formula is C31H37IO5S. The third kappa shape index (κ3) is 9.50. The molecule has 1 aromatic heterocycles. The lowest BCUT2D eigenvalue weighted by Gasteiger charge is -2.04. The number of aryl methyl sites for hydroxylation is 1. The van der Waals surface area contributed by atoms with E-state index in [4.69, 9.17) is 8.97 Å². The maximum absolute atomic E-state index is 12.2. The molecule has 7 heteroatoms. The number of unbranched alkanes of at least 4 members (excludes halogenated alkanes) is 9. The fraction of sp³-hybridized carbons (Fsp3) is 0.387. The summed E-state index contributed by atoms with van der Waals surface area (Å²) >= 11 is 2.19. The van der Waals surface area contributed by atoms with Gasteiger partial charge in [-0.15, -0.1) is 0 Å². The molecule has 0 saturated carbocycles. The zero-order chi connectivity index (χ0) is 27.4. The highest BCUT2D eigenvalue weighted by atomic mass is 127. The standard InChI is InChI=1S/C18H30O3S.C13H7IO2/c1-2-3-4-5-6-7-8-9-10-11-12-17-13-15-18(16-14-17)22(19,20)21;14-8-5-6-12-10(7-8)13(15)9-3-1-2-4-11(9)16-12/h13-16H,2-12H2,1H3,(H,19,20,21);1-7H. The Hall–Kier alpha value is -2.23. The summed E-state index contributed by atoms with van der Waals surface area (Å²) in [5.41, 5.74) is 2.45. The number of fused-ring (bicyclic) bond motifs is 2. The molecular weight excluding hydrogens is 611 g/mol. The summed E-state index contributed by atoms with van der Waals surface area (Å²) in [6.07, 6.45) is 14.1. The van der Waals surface area contributed by atoms with E-state index in [2.05, 4.69) is 29.5 Å². The van der Waals surface area contributed by atoms with Crippen LogP contribution >= 0.6 is 22.6 Å². The van der Waals surface area contributed by atoms with Crippen molar-refractivity contribution in [2.45, 2.75) is 82.4 Å². The molecule has 0 atom stereocenters. The lowest BCUT2D eigenvalue weighted by atomic mass is 10.0. The van der Waals surface area contributed by atoms with Crippen LogP contribution in [0.5, 0.6) is 0 Å². The van der Waals surface area contributed by atoms with Crippen molar-refractivity contribution in [3.05, 3.63) is 86.1 Å². The van der Waals surface area contributed by atoms with E-state index in [1.165, 1.54) is 69.9 Å². The average Bonchev–Trinajstić information content (AvgIpc) is 2.90. The predicted octanol–water partition coefficient (Wildman–Crippen LogP) is 8.95. The molecule has 0 spiro atoms. The highest BCUT2D eigenvalue weighted by Gasteiger charge is 2.08. The highest BCUT2D eigenvalue weighted by Crippen LogP contribution is 2.20. The molecule has 0 amide bonds. The Morgan fingerprint density at radius 2 is 1.32 bits per heavy atom. The van der Waals surface area contributed by atoms with Gasteiger partial charge in [-0.1, -0.05) is 89.0 Å². The molecule has 3 aromatic carbocycles. The first kappa shape index (κ1) is 30.3. The van der Waals surface area contributed by atoms with Gasteiger partial charge in [0.05, 0.1) is 15.7 Å². The molecule has 0 aliphatic heterocycles. The molecule has 5 nitrogen and oxygen atoms in total. The van der Waals surface area contributed by atoms with Crippen LogP contribution in [0.4, 0.5) is 0 Å². The van der Waals surface area contributed by atoms with Gasteiger partial charge < -0.3 is 4.42 Å². The molecule has 0 unspecified atom stereocenters. The van der Waals surface area contributed by atoms with Crippen LogP contribution in [0.15, 0.2) is 80.8 Å². The smallest absolute Gasteiger partial charge is 0.294 e. The van der Waals surface area contributed by atoms with Gasteiger partial charge in [-0.3, -0.25) is 9.35 Å². The second-order valence-corrected chi connectivity index (χ2v) is 12.3. The zero-order valence-electron chi connectivity index (χ0n) is 22.0. The topological polar surface area (TPSA) is 84.6 Å². The molecule has 1 N–H and O–H groups in total. The molecule has 0 radical (unpaired) electrons. The fourth-order valence-corrected chi connectivity index (χ4v) is 5.39. The fourth-order valence-electron chi connectivity index (χ4n) is 4.42. The van der Waals surface area contributed by atoms with Gasteiger partial charge in [-0.25, -0.2) is 0 Å². The zero-order valence-corrected chi connectivity index (χ0v) is 25.0. The van der Waals surface area contributed by atoms with E-state index in [-0.39, 0.29) is 10.3 Å². The average molecular weight is 649 g/mol. The number of halogens is 1. The van der Waals surface area contributed by atoms with Gasteiger partial charge in [0.2, 0.25) is 5.43 Å². The first-order valence-corrected chi connectivity index (χ1v) is 16.0. The number of hydrogen-bond acceptors (Lipinski definition) is 4. The first-order valence-electron chi connectivity index (χ1n) is 13.5. The Kier molecular flexibility index (Phi) is 12.3. The lowest BCUT2D eigenvalue weighted by molar-refractivity contribution is 0.483. The minimum Gasteiger partial charge on any atom is -0.456 e. The van der Waals surface area contributed by atoms with E-state index in [1.54, 1.807) is 18.2 Å². The van der Waals surface area contributed by atoms with Gasteiger partial charge in [0.1, 0.15) is 11.2 Å². The van der Waals surface area contributed by atoms with Crippen molar-refractivity contribution in [1.29, 1.82) is 0 Å². The molecule has 1 heterocycles. The van der Waals surface area contributed by atoms with Gasteiger partial charge in [0.25, 0.3) is 10.1 Å². The van der Waals surface area contributed by atoms with Crippen LogP contribution in [0.1, 0.15) is 76.7 Å². The van der Waals surface area contributed by atoms with E-state index in [0.29, 0.717) is 21.9 Å². The lowest BCUT2D eigenvalue weighted by Crippen LogP contribution is -2.01. The van der Waals surface area contributed by atoms with Gasteiger partial charge >= 0.3 is 0 Å². The Morgan fingerprint density at radius 3 is 1.95 bits per heavy atom. The van der Waals surface area contributed by atoms with Gasteiger partial charge in [-0.05, 0) is 83.5 Å². The Labute approximate surface area is 239 Å². The summed E-state index contributed by atoms with van der Waals surface area (Å²) in [5, 5.41) is 1.28. The number of rotatable bonds is 12. The summed E-state index contributed by atoms with van der Waals surface area (Å²) in [6.45, 7) is 2.25. The Balaban J connectivity index is 0.000000219. The molecule has 204 valence electrons. The van der Waals surface area contributed by atoms with Gasteiger partial charge in [-0.2, -0.15) is 8.42 Å². The third-order valence-electron chi connectivity index (χ3n) is 6.58. The maximum Gasteiger partial charge on any atom is 0.294 e. The van der Waals surface area contributed by atoms with E-state index >= 15 is 0 Å². The monoisotopic (exact) mass is 648 g/mol. The number of para-hydroxylation sites is 1. The molecule has 0 aliphatic rings. The van der Waals surface area contributed by atoms with Crippen molar-refractivity contribution < 1.29 is 17.4 Å². The van der Waals surface area contributed by atoms with Crippen molar-refractivity contribution in [2.75, 3.05) is 0 Å². The normalized spacial score (nSPS) is 11.4. The third-order valence-corrected chi connectivity index (χ3v) is 8.12. The van der Waals surface area contributed by atoms with E-state index in [1.807, 2.05) is 36.4 Å². The summed E-state index contributed by atoms with van der Waals surface area (Å²) < 4.78 is 37.5. The number of benzene rings is 3. The summed E-state index contributed by atoms with van der Waals surface area (Å²) in [5.74, 6) is 0. The molecule has 38 heavy (non-hydrogen) atoms. The quantitative estimate of drug-likeness (QED) is 0.0718. The van der Waals surface area contributed by atoms with E-state index in [9.17, 15) is 13.2 Å². The molecule has 0 saturated heterocycles. The van der Waals surface area contributed by atoms with E-state index < -0.39 is 10.1 Å². The Bertz CT molecular complexity index is 1460. The highest BCUT2D eigenvalue weighted by molar-refractivity contribution is 14.1. The minimum absolute atomic E-state index is 0.0284. The Morgan fingerprint density at radius 1 is 0.737 bits per heavy atom. The summed E-state index contributed by atoms with van der Waals surface area (Å²) in [7, 11) is -4.06. The SMILES string of the molecule is CCCCCCCCCCCCc1ccc(S(=O)(=O)O)cc1.O=c1c2ccccc2oc2ccc(I)cc12. The predicted molar refractivity (Wildman–Crippen MR) is 165 cm³/mol.